The SMILES string of the molecule is COc1c(-c2ccccc2Cl)ccc(-c2ccccc2Cl)c1OC. The first-order chi connectivity index (χ1) is 11.7. The van der Waals surface area contributed by atoms with Crippen LogP contribution in [0.1, 0.15) is 0 Å². The lowest BCUT2D eigenvalue weighted by molar-refractivity contribution is 0.357. The Bertz CT molecular complexity index is 803. The smallest absolute Gasteiger partial charge is 0.169 e. The number of halogens is 2. The van der Waals surface area contributed by atoms with Crippen LogP contribution in [0, 0.1) is 0 Å². The summed E-state index contributed by atoms with van der Waals surface area (Å²) < 4.78 is 11.3. The van der Waals surface area contributed by atoms with Crippen LogP contribution < -0.4 is 9.47 Å². The van der Waals surface area contributed by atoms with Gasteiger partial charge in [-0.2, -0.15) is 0 Å². The summed E-state index contributed by atoms with van der Waals surface area (Å²) in [6.07, 6.45) is 0. The van der Waals surface area contributed by atoms with Gasteiger partial charge in [0.1, 0.15) is 0 Å². The van der Waals surface area contributed by atoms with Crippen LogP contribution >= 0.6 is 23.2 Å². The van der Waals surface area contributed by atoms with Crippen molar-refractivity contribution in [3.05, 3.63) is 70.7 Å². The van der Waals surface area contributed by atoms with E-state index in [4.69, 9.17) is 32.7 Å². The van der Waals surface area contributed by atoms with Gasteiger partial charge < -0.3 is 9.47 Å². The van der Waals surface area contributed by atoms with Gasteiger partial charge in [0.05, 0.1) is 14.2 Å². The maximum Gasteiger partial charge on any atom is 0.169 e. The van der Waals surface area contributed by atoms with E-state index in [1.54, 1.807) is 14.2 Å². The summed E-state index contributed by atoms with van der Waals surface area (Å²) in [6.45, 7) is 0. The summed E-state index contributed by atoms with van der Waals surface area (Å²) in [5.41, 5.74) is 3.52. The lowest BCUT2D eigenvalue weighted by Crippen LogP contribution is -1.96. The highest BCUT2D eigenvalue weighted by molar-refractivity contribution is 6.34. The molecule has 2 nitrogen and oxygen atoms in total. The van der Waals surface area contributed by atoms with Crippen LogP contribution in [-0.4, -0.2) is 14.2 Å². The molecule has 0 N–H and O–H groups in total. The van der Waals surface area contributed by atoms with Gasteiger partial charge in [-0.05, 0) is 24.3 Å². The van der Waals surface area contributed by atoms with Crippen LogP contribution in [0.4, 0.5) is 0 Å². The molecule has 3 aromatic rings. The van der Waals surface area contributed by atoms with Crippen LogP contribution in [0.5, 0.6) is 11.5 Å². The summed E-state index contributed by atoms with van der Waals surface area (Å²) in [7, 11) is 3.24. The fourth-order valence-corrected chi connectivity index (χ4v) is 3.23. The monoisotopic (exact) mass is 358 g/mol. The molecule has 0 fully saturated rings. The standard InChI is InChI=1S/C20H16Cl2O2/c1-23-19-15(13-7-3-5-9-17(13)21)11-12-16(20(19)24-2)14-8-4-6-10-18(14)22/h3-12H,1-2H3. The van der Waals surface area contributed by atoms with E-state index in [1.807, 2.05) is 60.7 Å². The van der Waals surface area contributed by atoms with E-state index >= 15 is 0 Å². The minimum absolute atomic E-state index is 0.628. The van der Waals surface area contributed by atoms with Crippen molar-refractivity contribution >= 4 is 23.2 Å². The molecule has 0 aliphatic heterocycles. The largest absolute Gasteiger partial charge is 0.492 e. The van der Waals surface area contributed by atoms with Gasteiger partial charge in [-0.25, -0.2) is 0 Å². The number of methoxy groups -OCH3 is 2. The van der Waals surface area contributed by atoms with Crippen molar-refractivity contribution in [3.8, 4) is 33.8 Å². The molecule has 0 spiro atoms. The van der Waals surface area contributed by atoms with E-state index in [9.17, 15) is 0 Å². The van der Waals surface area contributed by atoms with Crippen molar-refractivity contribution in [2.45, 2.75) is 0 Å². The average Bonchev–Trinajstić information content (AvgIpc) is 2.61. The summed E-state index contributed by atoms with van der Waals surface area (Å²) in [6, 6.07) is 19.2. The van der Waals surface area contributed by atoms with Crippen LogP contribution in [0.3, 0.4) is 0 Å². The highest BCUT2D eigenvalue weighted by Gasteiger charge is 2.19. The fourth-order valence-electron chi connectivity index (χ4n) is 2.75. The normalized spacial score (nSPS) is 10.5. The maximum absolute atomic E-state index is 6.35. The Balaban J connectivity index is 2.26. The van der Waals surface area contributed by atoms with Crippen molar-refractivity contribution in [1.29, 1.82) is 0 Å². The van der Waals surface area contributed by atoms with Gasteiger partial charge in [0.2, 0.25) is 0 Å². The summed E-state index contributed by atoms with van der Waals surface area (Å²) in [4.78, 5) is 0. The molecule has 0 unspecified atom stereocenters. The Labute approximate surface area is 151 Å². The molecule has 3 rings (SSSR count). The second-order valence-corrected chi connectivity index (χ2v) is 6.00. The number of hydrogen-bond acceptors (Lipinski definition) is 2. The molecule has 0 saturated carbocycles. The molecule has 4 heteroatoms. The first kappa shape index (κ1) is 16.7. The molecule has 0 bridgehead atoms. The summed E-state index contributed by atoms with van der Waals surface area (Å²) >= 11 is 12.7. The van der Waals surface area contributed by atoms with Crippen LogP contribution in [0.25, 0.3) is 22.3 Å². The molecule has 122 valence electrons. The van der Waals surface area contributed by atoms with Gasteiger partial charge in [0.25, 0.3) is 0 Å². The van der Waals surface area contributed by atoms with E-state index in [0.717, 1.165) is 22.3 Å². The Hall–Kier alpha value is -2.16. The Morgan fingerprint density at radius 1 is 0.542 bits per heavy atom. The van der Waals surface area contributed by atoms with Gasteiger partial charge in [0, 0.05) is 32.3 Å². The van der Waals surface area contributed by atoms with Gasteiger partial charge >= 0.3 is 0 Å². The molecular formula is C20H16Cl2O2. The second-order valence-electron chi connectivity index (χ2n) is 5.19. The van der Waals surface area contributed by atoms with Gasteiger partial charge in [0.15, 0.2) is 11.5 Å². The van der Waals surface area contributed by atoms with Crippen LogP contribution in [-0.2, 0) is 0 Å². The number of hydrogen-bond donors (Lipinski definition) is 0. The van der Waals surface area contributed by atoms with Gasteiger partial charge in [-0.15, -0.1) is 0 Å². The minimum atomic E-state index is 0.628. The summed E-state index contributed by atoms with van der Waals surface area (Å²) in [5, 5.41) is 1.31. The van der Waals surface area contributed by atoms with Gasteiger partial charge in [-0.1, -0.05) is 59.6 Å². The van der Waals surface area contributed by atoms with Crippen molar-refractivity contribution in [1.82, 2.24) is 0 Å². The fraction of sp³-hybridized carbons (Fsp3) is 0.100. The van der Waals surface area contributed by atoms with Crippen molar-refractivity contribution in [2.75, 3.05) is 14.2 Å². The Morgan fingerprint density at radius 3 is 1.25 bits per heavy atom. The molecule has 0 amide bonds. The third-order valence-corrected chi connectivity index (χ3v) is 4.51. The van der Waals surface area contributed by atoms with E-state index in [0.29, 0.717) is 21.5 Å². The molecule has 0 aromatic heterocycles. The first-order valence-electron chi connectivity index (χ1n) is 7.42. The van der Waals surface area contributed by atoms with E-state index in [2.05, 4.69) is 0 Å². The van der Waals surface area contributed by atoms with Crippen LogP contribution in [0.15, 0.2) is 60.7 Å². The minimum Gasteiger partial charge on any atom is -0.492 e. The van der Waals surface area contributed by atoms with Crippen molar-refractivity contribution in [3.63, 3.8) is 0 Å². The lowest BCUT2D eigenvalue weighted by atomic mass is 9.97. The molecule has 0 radical (unpaired) electrons. The zero-order chi connectivity index (χ0) is 17.1. The zero-order valence-corrected chi connectivity index (χ0v) is 14.9. The average molecular weight is 359 g/mol. The Morgan fingerprint density at radius 2 is 0.917 bits per heavy atom. The predicted octanol–water partition coefficient (Wildman–Crippen LogP) is 6.34. The van der Waals surface area contributed by atoms with Crippen molar-refractivity contribution in [2.24, 2.45) is 0 Å². The summed E-state index contributed by atoms with van der Waals surface area (Å²) in [5.74, 6) is 1.26. The topological polar surface area (TPSA) is 18.5 Å². The second kappa shape index (κ2) is 7.16. The zero-order valence-electron chi connectivity index (χ0n) is 13.3. The molecule has 24 heavy (non-hydrogen) atoms. The van der Waals surface area contributed by atoms with E-state index in [1.165, 1.54) is 0 Å². The maximum atomic E-state index is 6.35. The highest BCUT2D eigenvalue weighted by atomic mass is 35.5. The molecule has 0 saturated heterocycles. The predicted molar refractivity (Wildman–Crippen MR) is 100 cm³/mol. The van der Waals surface area contributed by atoms with E-state index < -0.39 is 0 Å². The Kier molecular flexibility index (Phi) is 4.98. The molecule has 0 aliphatic carbocycles. The van der Waals surface area contributed by atoms with Crippen LogP contribution in [0.2, 0.25) is 10.0 Å². The molecular weight excluding hydrogens is 343 g/mol. The third kappa shape index (κ3) is 2.95. The lowest BCUT2D eigenvalue weighted by Gasteiger charge is -2.18. The molecule has 0 heterocycles. The van der Waals surface area contributed by atoms with Crippen molar-refractivity contribution < 1.29 is 9.47 Å². The number of ether oxygens (including phenoxy) is 2. The molecule has 0 aliphatic rings. The highest BCUT2D eigenvalue weighted by Crippen LogP contribution is 2.47. The third-order valence-electron chi connectivity index (χ3n) is 3.85. The number of rotatable bonds is 4. The molecule has 0 atom stereocenters. The van der Waals surface area contributed by atoms with E-state index in [-0.39, 0.29) is 0 Å². The van der Waals surface area contributed by atoms with Gasteiger partial charge in [-0.3, -0.25) is 0 Å². The quantitative estimate of drug-likeness (QED) is 0.541. The molecule has 3 aromatic carbocycles. The first-order valence-corrected chi connectivity index (χ1v) is 8.17. The number of benzene rings is 3.